The maximum atomic E-state index is 14.3. The van der Waals surface area contributed by atoms with Crippen LogP contribution in [0.4, 0.5) is 5.69 Å². The van der Waals surface area contributed by atoms with E-state index in [-0.39, 0.29) is 43.0 Å². The molecule has 0 saturated carbocycles. The predicted octanol–water partition coefficient (Wildman–Crippen LogP) is 5.19. The van der Waals surface area contributed by atoms with Crippen molar-refractivity contribution in [1.29, 1.82) is 0 Å². The zero-order chi connectivity index (χ0) is 32.2. The van der Waals surface area contributed by atoms with Gasteiger partial charge in [-0.3, -0.25) is 19.5 Å². The Balaban J connectivity index is 1.59. The molecule has 0 unspecified atom stereocenters. The summed E-state index contributed by atoms with van der Waals surface area (Å²) in [4.78, 5) is 35.3. The van der Waals surface area contributed by atoms with Crippen molar-refractivity contribution in [3.63, 3.8) is 0 Å². The number of carbonyl (C=O) groups is 2. The largest absolute Gasteiger partial charge is 0.490 e. The molecule has 45 heavy (non-hydrogen) atoms. The van der Waals surface area contributed by atoms with Crippen molar-refractivity contribution in [2.24, 2.45) is 5.92 Å². The number of hydrogen-bond acceptors (Lipinski definition) is 7. The van der Waals surface area contributed by atoms with E-state index in [0.29, 0.717) is 36.7 Å². The standard InChI is InChI=1S/C36H48N4O5/c1-26-22-40(27(2)25-41)36(43)32-21-31(38-35(42)20-29-11-6-5-7-12-29)13-14-33(32)45-28(3)10-8-9-19-44-34(26)24-39(4)23-30-15-17-37-18-16-30/h5-7,11-18,21,26-28,34,41H,8-10,19-20,22-25H2,1-4H3,(H,38,42)/t26-,27-,28-,34-/m0/s1. The summed E-state index contributed by atoms with van der Waals surface area (Å²) in [7, 11) is 2.07. The number of fused-ring (bicyclic) bond motifs is 1. The molecule has 2 N–H and O–H groups in total. The second kappa shape index (κ2) is 17.1. The summed E-state index contributed by atoms with van der Waals surface area (Å²) < 4.78 is 12.8. The summed E-state index contributed by atoms with van der Waals surface area (Å²) in [6.45, 7) is 8.20. The number of rotatable bonds is 9. The molecule has 9 heteroatoms. The Labute approximate surface area is 267 Å². The first-order valence-corrected chi connectivity index (χ1v) is 16.0. The fraction of sp³-hybridized carbons (Fsp3) is 0.472. The molecule has 242 valence electrons. The number of ether oxygens (including phenoxy) is 2. The number of nitrogens with zero attached hydrogens (tertiary/aromatic N) is 3. The Bertz CT molecular complexity index is 1360. The molecule has 2 amide bonds. The molecule has 2 heterocycles. The van der Waals surface area contributed by atoms with Crippen LogP contribution in [0.15, 0.2) is 73.1 Å². The number of aliphatic hydroxyl groups is 1. The lowest BCUT2D eigenvalue weighted by Gasteiger charge is -2.36. The number of nitrogens with one attached hydrogen (secondary N) is 1. The van der Waals surface area contributed by atoms with E-state index < -0.39 is 6.04 Å². The van der Waals surface area contributed by atoms with Gasteiger partial charge in [-0.05, 0) is 81.6 Å². The normalized spacial score (nSPS) is 20.5. The van der Waals surface area contributed by atoms with Crippen LogP contribution in [0, 0.1) is 5.92 Å². The van der Waals surface area contributed by atoms with Gasteiger partial charge in [-0.15, -0.1) is 0 Å². The minimum atomic E-state index is -0.440. The molecule has 0 aliphatic carbocycles. The van der Waals surface area contributed by atoms with Gasteiger partial charge < -0.3 is 24.8 Å². The molecule has 0 saturated heterocycles. The summed E-state index contributed by atoms with van der Waals surface area (Å²) in [5.74, 6) is 0.0145. The van der Waals surface area contributed by atoms with E-state index in [9.17, 15) is 14.7 Å². The third-order valence-corrected chi connectivity index (χ3v) is 8.24. The maximum absolute atomic E-state index is 14.3. The summed E-state index contributed by atoms with van der Waals surface area (Å²) in [5, 5.41) is 13.2. The van der Waals surface area contributed by atoms with Crippen LogP contribution >= 0.6 is 0 Å². The molecule has 0 fully saturated rings. The van der Waals surface area contributed by atoms with Gasteiger partial charge in [0.15, 0.2) is 0 Å². The Kier molecular flexibility index (Phi) is 12.9. The SMILES string of the molecule is C[C@H]1CCCCO[C@@H](CN(C)Cc2ccncc2)[C@@H](C)CN([C@@H](C)CO)C(=O)c2cc(NC(=O)Cc3ccccc3)ccc2O1. The van der Waals surface area contributed by atoms with Crippen LogP contribution in [0.5, 0.6) is 5.75 Å². The summed E-state index contributed by atoms with van der Waals surface area (Å²) in [5.41, 5.74) is 2.95. The summed E-state index contributed by atoms with van der Waals surface area (Å²) >= 11 is 0. The zero-order valence-corrected chi connectivity index (χ0v) is 27.0. The highest BCUT2D eigenvalue weighted by atomic mass is 16.5. The molecule has 0 radical (unpaired) electrons. The van der Waals surface area contributed by atoms with Crippen LogP contribution in [0.3, 0.4) is 0 Å². The minimum Gasteiger partial charge on any atom is -0.490 e. The number of pyridine rings is 1. The van der Waals surface area contributed by atoms with Crippen molar-refractivity contribution in [1.82, 2.24) is 14.8 Å². The molecule has 1 aromatic heterocycles. The Morgan fingerprint density at radius 2 is 1.84 bits per heavy atom. The molecule has 4 atom stereocenters. The van der Waals surface area contributed by atoms with Gasteiger partial charge in [0.1, 0.15) is 5.75 Å². The summed E-state index contributed by atoms with van der Waals surface area (Å²) in [6.07, 6.45) is 6.21. The van der Waals surface area contributed by atoms with Crippen molar-refractivity contribution >= 4 is 17.5 Å². The fourth-order valence-electron chi connectivity index (χ4n) is 5.62. The number of hydrogen-bond donors (Lipinski definition) is 2. The Morgan fingerprint density at radius 3 is 2.58 bits per heavy atom. The van der Waals surface area contributed by atoms with Crippen LogP contribution in [-0.2, 0) is 22.5 Å². The quantitative estimate of drug-likeness (QED) is 0.341. The number of aromatic nitrogens is 1. The van der Waals surface area contributed by atoms with E-state index in [1.54, 1.807) is 35.5 Å². The lowest BCUT2D eigenvalue weighted by molar-refractivity contribution is -0.115. The van der Waals surface area contributed by atoms with E-state index in [0.717, 1.165) is 31.4 Å². The average molecular weight is 617 g/mol. The van der Waals surface area contributed by atoms with Gasteiger partial charge in [-0.2, -0.15) is 0 Å². The molecule has 4 rings (SSSR count). The van der Waals surface area contributed by atoms with Crippen LogP contribution < -0.4 is 10.1 Å². The highest BCUT2D eigenvalue weighted by Gasteiger charge is 2.30. The third kappa shape index (κ3) is 10.4. The average Bonchev–Trinajstić information content (AvgIpc) is 3.03. The first kappa shape index (κ1) is 34.1. The number of amides is 2. The van der Waals surface area contributed by atoms with Gasteiger partial charge in [0, 0.05) is 50.2 Å². The molecule has 1 aliphatic rings. The van der Waals surface area contributed by atoms with Crippen molar-refractivity contribution in [3.8, 4) is 5.75 Å². The number of aliphatic hydroxyl groups excluding tert-OH is 1. The van der Waals surface area contributed by atoms with E-state index >= 15 is 0 Å². The molecular formula is C36H48N4O5. The molecule has 9 nitrogen and oxygen atoms in total. The van der Waals surface area contributed by atoms with Crippen molar-refractivity contribution < 1.29 is 24.2 Å². The maximum Gasteiger partial charge on any atom is 0.258 e. The number of benzene rings is 2. The monoisotopic (exact) mass is 616 g/mol. The first-order chi connectivity index (χ1) is 21.7. The highest BCUT2D eigenvalue weighted by Crippen LogP contribution is 2.28. The van der Waals surface area contributed by atoms with Gasteiger partial charge in [0.25, 0.3) is 5.91 Å². The highest BCUT2D eigenvalue weighted by molar-refractivity contribution is 6.00. The second-order valence-corrected chi connectivity index (χ2v) is 12.3. The second-order valence-electron chi connectivity index (χ2n) is 12.3. The molecule has 0 bridgehead atoms. The van der Waals surface area contributed by atoms with E-state index in [1.165, 1.54) is 5.56 Å². The summed E-state index contributed by atoms with van der Waals surface area (Å²) in [6, 6.07) is 18.3. The van der Waals surface area contributed by atoms with Gasteiger partial charge in [-0.1, -0.05) is 37.3 Å². The van der Waals surface area contributed by atoms with Crippen LogP contribution in [-0.4, -0.2) is 83.3 Å². The van der Waals surface area contributed by atoms with Crippen LogP contribution in [0.25, 0.3) is 0 Å². The molecular weight excluding hydrogens is 568 g/mol. The number of likely N-dealkylation sites (N-methyl/N-ethyl adjacent to an activating group) is 1. The molecule has 1 aliphatic heterocycles. The van der Waals surface area contributed by atoms with Crippen LogP contribution in [0.2, 0.25) is 0 Å². The van der Waals surface area contributed by atoms with Crippen molar-refractivity contribution in [3.05, 3.63) is 89.7 Å². The Hall–Kier alpha value is -3.79. The van der Waals surface area contributed by atoms with Crippen molar-refractivity contribution in [2.45, 2.75) is 71.2 Å². The smallest absolute Gasteiger partial charge is 0.258 e. The lowest BCUT2D eigenvalue weighted by Crippen LogP contribution is -2.47. The number of anilines is 1. The van der Waals surface area contributed by atoms with Gasteiger partial charge in [-0.25, -0.2) is 0 Å². The topological polar surface area (TPSA) is 104 Å². The van der Waals surface area contributed by atoms with Gasteiger partial charge >= 0.3 is 0 Å². The molecule has 2 aromatic carbocycles. The zero-order valence-electron chi connectivity index (χ0n) is 27.0. The van der Waals surface area contributed by atoms with Gasteiger partial charge in [0.05, 0.1) is 36.8 Å². The van der Waals surface area contributed by atoms with Crippen LogP contribution in [0.1, 0.15) is 61.5 Å². The van der Waals surface area contributed by atoms with E-state index in [2.05, 4.69) is 29.2 Å². The van der Waals surface area contributed by atoms with E-state index in [4.69, 9.17) is 9.47 Å². The lowest BCUT2D eigenvalue weighted by atomic mass is 10.0. The van der Waals surface area contributed by atoms with E-state index in [1.807, 2.05) is 56.3 Å². The van der Waals surface area contributed by atoms with Gasteiger partial charge in [0.2, 0.25) is 5.91 Å². The Morgan fingerprint density at radius 1 is 1.09 bits per heavy atom. The molecule has 0 spiro atoms. The molecule has 3 aromatic rings. The third-order valence-electron chi connectivity index (χ3n) is 8.24. The predicted molar refractivity (Wildman–Crippen MR) is 176 cm³/mol. The minimum absolute atomic E-state index is 0.0252. The number of carbonyl (C=O) groups excluding carboxylic acids is 2. The first-order valence-electron chi connectivity index (χ1n) is 16.0. The fourth-order valence-corrected chi connectivity index (χ4v) is 5.62. The van der Waals surface area contributed by atoms with Crippen molar-refractivity contribution in [2.75, 3.05) is 38.7 Å².